The second-order valence-corrected chi connectivity index (χ2v) is 6.60. The van der Waals surface area contributed by atoms with Crippen LogP contribution in [-0.2, 0) is 0 Å². The fourth-order valence-corrected chi connectivity index (χ4v) is 2.60. The molecule has 0 aromatic heterocycles. The van der Waals surface area contributed by atoms with E-state index in [9.17, 15) is 4.79 Å². The van der Waals surface area contributed by atoms with Crippen molar-refractivity contribution in [2.75, 3.05) is 19.6 Å². The van der Waals surface area contributed by atoms with Crippen LogP contribution in [0.15, 0.2) is 24.3 Å². The zero-order valence-corrected chi connectivity index (χ0v) is 15.2. The van der Waals surface area contributed by atoms with Gasteiger partial charge in [-0.05, 0) is 69.0 Å². The monoisotopic (exact) mass is 340 g/mol. The number of hydrogen-bond donors (Lipinski definition) is 2. The van der Waals surface area contributed by atoms with Crippen LogP contribution in [-0.4, -0.2) is 31.6 Å². The molecule has 5 heteroatoms. The van der Waals surface area contributed by atoms with E-state index in [1.165, 1.54) is 0 Å². The summed E-state index contributed by atoms with van der Waals surface area (Å²) in [4.78, 5) is 12.3. The predicted molar refractivity (Wildman–Crippen MR) is 96.6 cm³/mol. The van der Waals surface area contributed by atoms with Crippen LogP contribution in [0.1, 0.15) is 50.4 Å². The standard InChI is InChI=1S/C18H28N2O2.ClH/c1-4-14(2)22-16-7-5-15(6-8-16)17(21)20-13-18(3)9-11-19-12-10-18;/h5-8,14,19H,4,9-13H2,1-3H3,(H,20,21);1H. The Balaban J connectivity index is 0.00000264. The van der Waals surface area contributed by atoms with Crippen molar-refractivity contribution < 1.29 is 9.53 Å². The first kappa shape index (κ1) is 19.8. The molecule has 130 valence electrons. The molecule has 0 spiro atoms. The number of benzene rings is 1. The molecule has 1 aliphatic rings. The Bertz CT molecular complexity index is 484. The molecular weight excluding hydrogens is 312 g/mol. The summed E-state index contributed by atoms with van der Waals surface area (Å²) in [5.74, 6) is 0.811. The summed E-state index contributed by atoms with van der Waals surface area (Å²) in [5, 5.41) is 6.43. The molecule has 1 saturated heterocycles. The van der Waals surface area contributed by atoms with E-state index in [-0.39, 0.29) is 29.8 Å². The molecule has 1 aromatic rings. The van der Waals surface area contributed by atoms with Gasteiger partial charge < -0.3 is 15.4 Å². The van der Waals surface area contributed by atoms with E-state index in [1.807, 2.05) is 31.2 Å². The van der Waals surface area contributed by atoms with Crippen molar-refractivity contribution >= 4 is 18.3 Å². The summed E-state index contributed by atoms with van der Waals surface area (Å²) >= 11 is 0. The molecular formula is C18H29ClN2O2. The Morgan fingerprint density at radius 1 is 1.30 bits per heavy atom. The number of piperidine rings is 1. The maximum Gasteiger partial charge on any atom is 0.251 e. The van der Waals surface area contributed by atoms with Crippen LogP contribution in [0.5, 0.6) is 5.75 Å². The highest BCUT2D eigenvalue weighted by molar-refractivity contribution is 5.94. The number of halogens is 1. The van der Waals surface area contributed by atoms with E-state index < -0.39 is 0 Å². The van der Waals surface area contributed by atoms with Crippen LogP contribution < -0.4 is 15.4 Å². The molecule has 4 nitrogen and oxygen atoms in total. The van der Waals surface area contributed by atoms with Gasteiger partial charge in [-0.25, -0.2) is 0 Å². The second kappa shape index (κ2) is 9.14. The fraction of sp³-hybridized carbons (Fsp3) is 0.611. The minimum absolute atomic E-state index is 0. The number of amides is 1. The van der Waals surface area contributed by atoms with Crippen molar-refractivity contribution in [2.45, 2.75) is 46.1 Å². The lowest BCUT2D eigenvalue weighted by Crippen LogP contribution is -2.42. The molecule has 0 saturated carbocycles. The van der Waals surface area contributed by atoms with Gasteiger partial charge in [-0.3, -0.25) is 4.79 Å². The van der Waals surface area contributed by atoms with Crippen molar-refractivity contribution in [1.29, 1.82) is 0 Å². The summed E-state index contributed by atoms with van der Waals surface area (Å²) in [6.07, 6.45) is 3.37. The van der Waals surface area contributed by atoms with E-state index in [0.717, 1.165) is 44.6 Å². The molecule has 1 aromatic carbocycles. The Labute approximate surface area is 145 Å². The Kier molecular flexibility index (Phi) is 7.86. The van der Waals surface area contributed by atoms with Crippen molar-refractivity contribution in [1.82, 2.24) is 10.6 Å². The smallest absolute Gasteiger partial charge is 0.251 e. The highest BCUT2D eigenvalue weighted by atomic mass is 35.5. The maximum atomic E-state index is 12.3. The molecule has 1 aliphatic heterocycles. The second-order valence-electron chi connectivity index (χ2n) is 6.60. The lowest BCUT2D eigenvalue weighted by Gasteiger charge is -2.34. The molecule has 1 fully saturated rings. The van der Waals surface area contributed by atoms with Crippen molar-refractivity contribution in [2.24, 2.45) is 5.41 Å². The van der Waals surface area contributed by atoms with Crippen LogP contribution >= 0.6 is 12.4 Å². The van der Waals surface area contributed by atoms with Crippen LogP contribution in [0.2, 0.25) is 0 Å². The number of hydrogen-bond acceptors (Lipinski definition) is 3. The third-order valence-corrected chi connectivity index (χ3v) is 4.52. The Morgan fingerprint density at radius 3 is 2.48 bits per heavy atom. The first-order valence-electron chi connectivity index (χ1n) is 8.28. The minimum atomic E-state index is -0.00477. The van der Waals surface area contributed by atoms with Gasteiger partial charge in [-0.2, -0.15) is 0 Å². The minimum Gasteiger partial charge on any atom is -0.491 e. The van der Waals surface area contributed by atoms with Gasteiger partial charge in [0.25, 0.3) is 5.91 Å². The summed E-state index contributed by atoms with van der Waals surface area (Å²) in [6, 6.07) is 7.40. The summed E-state index contributed by atoms with van der Waals surface area (Å²) < 4.78 is 5.73. The maximum absolute atomic E-state index is 12.3. The van der Waals surface area contributed by atoms with E-state index in [4.69, 9.17) is 4.74 Å². The zero-order valence-electron chi connectivity index (χ0n) is 14.4. The normalized spacial score (nSPS) is 17.7. The third kappa shape index (κ3) is 6.04. The van der Waals surface area contributed by atoms with E-state index in [0.29, 0.717) is 5.56 Å². The predicted octanol–water partition coefficient (Wildman–Crippen LogP) is 3.41. The molecule has 2 rings (SSSR count). The van der Waals surface area contributed by atoms with Gasteiger partial charge in [0.2, 0.25) is 0 Å². The van der Waals surface area contributed by atoms with E-state index in [1.54, 1.807) is 0 Å². The van der Waals surface area contributed by atoms with Gasteiger partial charge in [0.15, 0.2) is 0 Å². The van der Waals surface area contributed by atoms with Gasteiger partial charge in [-0.1, -0.05) is 13.8 Å². The van der Waals surface area contributed by atoms with Crippen molar-refractivity contribution in [3.05, 3.63) is 29.8 Å². The van der Waals surface area contributed by atoms with Gasteiger partial charge >= 0.3 is 0 Å². The number of carbonyl (C=O) groups excluding carboxylic acids is 1. The van der Waals surface area contributed by atoms with Gasteiger partial charge in [0.05, 0.1) is 6.10 Å². The fourth-order valence-electron chi connectivity index (χ4n) is 2.60. The van der Waals surface area contributed by atoms with Crippen LogP contribution in [0, 0.1) is 5.41 Å². The Morgan fingerprint density at radius 2 is 1.91 bits per heavy atom. The highest BCUT2D eigenvalue weighted by Crippen LogP contribution is 2.26. The first-order valence-corrected chi connectivity index (χ1v) is 8.28. The lowest BCUT2D eigenvalue weighted by molar-refractivity contribution is 0.0922. The van der Waals surface area contributed by atoms with Gasteiger partial charge in [0.1, 0.15) is 5.75 Å². The lowest BCUT2D eigenvalue weighted by atomic mass is 9.81. The zero-order chi connectivity index (χ0) is 16.0. The topological polar surface area (TPSA) is 50.4 Å². The van der Waals surface area contributed by atoms with Crippen molar-refractivity contribution in [3.63, 3.8) is 0 Å². The summed E-state index contributed by atoms with van der Waals surface area (Å²) in [6.45, 7) is 9.19. The molecule has 1 amide bonds. The molecule has 0 aliphatic carbocycles. The molecule has 1 heterocycles. The molecule has 0 bridgehead atoms. The summed E-state index contributed by atoms with van der Waals surface area (Å²) in [7, 11) is 0. The number of carbonyl (C=O) groups is 1. The highest BCUT2D eigenvalue weighted by Gasteiger charge is 2.27. The first-order chi connectivity index (χ1) is 10.5. The molecule has 23 heavy (non-hydrogen) atoms. The number of nitrogens with one attached hydrogen (secondary N) is 2. The van der Waals surface area contributed by atoms with Gasteiger partial charge in [-0.15, -0.1) is 12.4 Å². The summed E-state index contributed by atoms with van der Waals surface area (Å²) in [5.41, 5.74) is 0.898. The third-order valence-electron chi connectivity index (χ3n) is 4.52. The SMILES string of the molecule is CCC(C)Oc1ccc(C(=O)NCC2(C)CCNCC2)cc1.Cl. The van der Waals surface area contributed by atoms with E-state index >= 15 is 0 Å². The van der Waals surface area contributed by atoms with E-state index in [2.05, 4.69) is 24.5 Å². The average molecular weight is 341 g/mol. The van der Waals surface area contributed by atoms with Crippen LogP contribution in [0.4, 0.5) is 0 Å². The largest absolute Gasteiger partial charge is 0.491 e. The van der Waals surface area contributed by atoms with Crippen LogP contribution in [0.25, 0.3) is 0 Å². The molecule has 1 unspecified atom stereocenters. The molecule has 1 atom stereocenters. The van der Waals surface area contributed by atoms with Crippen LogP contribution in [0.3, 0.4) is 0 Å². The quantitative estimate of drug-likeness (QED) is 0.834. The molecule has 2 N–H and O–H groups in total. The van der Waals surface area contributed by atoms with Crippen molar-refractivity contribution in [3.8, 4) is 5.75 Å². The Hall–Kier alpha value is -1.26. The number of rotatable bonds is 6. The number of ether oxygens (including phenoxy) is 1. The average Bonchev–Trinajstić information content (AvgIpc) is 2.54. The molecule has 0 radical (unpaired) electrons. The van der Waals surface area contributed by atoms with Gasteiger partial charge in [0, 0.05) is 12.1 Å².